The maximum atomic E-state index is 13.8. The van der Waals surface area contributed by atoms with E-state index >= 15 is 0 Å². The molecule has 164 valence electrons. The van der Waals surface area contributed by atoms with Crippen molar-refractivity contribution in [2.75, 3.05) is 31.0 Å². The third kappa shape index (κ3) is 6.50. The minimum absolute atomic E-state index is 0.0976. The van der Waals surface area contributed by atoms with Crippen molar-refractivity contribution < 1.29 is 18.7 Å². The SMILES string of the molecule is CCOCCOc1nc(-c2cccc(F)c2)n(-c2ccc(NC(=O)CCCCl)cc2)n1. The summed E-state index contributed by atoms with van der Waals surface area (Å²) in [7, 11) is 0. The van der Waals surface area contributed by atoms with E-state index in [9.17, 15) is 9.18 Å². The smallest absolute Gasteiger partial charge is 0.336 e. The highest BCUT2D eigenvalue weighted by Crippen LogP contribution is 2.25. The summed E-state index contributed by atoms with van der Waals surface area (Å²) in [4.78, 5) is 16.3. The summed E-state index contributed by atoms with van der Waals surface area (Å²) < 4.78 is 26.2. The van der Waals surface area contributed by atoms with Gasteiger partial charge in [-0.25, -0.2) is 9.07 Å². The van der Waals surface area contributed by atoms with Crippen LogP contribution < -0.4 is 10.1 Å². The molecule has 1 N–H and O–H groups in total. The van der Waals surface area contributed by atoms with E-state index in [1.807, 2.05) is 6.92 Å². The van der Waals surface area contributed by atoms with Crippen molar-refractivity contribution in [1.82, 2.24) is 14.8 Å². The lowest BCUT2D eigenvalue weighted by atomic mass is 10.2. The van der Waals surface area contributed by atoms with E-state index in [2.05, 4.69) is 15.4 Å². The molecular formula is C22H24ClFN4O3. The maximum Gasteiger partial charge on any atom is 0.336 e. The van der Waals surface area contributed by atoms with Crippen molar-refractivity contribution in [3.8, 4) is 23.1 Å². The highest BCUT2D eigenvalue weighted by Gasteiger charge is 2.15. The van der Waals surface area contributed by atoms with Crippen LogP contribution in [0.25, 0.3) is 17.1 Å². The number of halogens is 2. The number of alkyl halides is 1. The van der Waals surface area contributed by atoms with Crippen molar-refractivity contribution in [2.45, 2.75) is 19.8 Å². The van der Waals surface area contributed by atoms with Gasteiger partial charge in [-0.2, -0.15) is 4.98 Å². The Hall–Kier alpha value is -2.97. The second-order valence-corrected chi connectivity index (χ2v) is 6.95. The van der Waals surface area contributed by atoms with Crippen LogP contribution in [-0.2, 0) is 9.53 Å². The van der Waals surface area contributed by atoms with Crippen LogP contribution in [0, 0.1) is 5.82 Å². The van der Waals surface area contributed by atoms with E-state index in [1.165, 1.54) is 12.1 Å². The highest BCUT2D eigenvalue weighted by molar-refractivity contribution is 6.18. The fourth-order valence-corrected chi connectivity index (χ4v) is 2.96. The van der Waals surface area contributed by atoms with Crippen LogP contribution >= 0.6 is 11.6 Å². The second kappa shape index (κ2) is 11.4. The van der Waals surface area contributed by atoms with Crippen LogP contribution in [0.2, 0.25) is 0 Å². The van der Waals surface area contributed by atoms with Crippen molar-refractivity contribution in [3.63, 3.8) is 0 Å². The van der Waals surface area contributed by atoms with Crippen LogP contribution in [0.4, 0.5) is 10.1 Å². The van der Waals surface area contributed by atoms with E-state index in [1.54, 1.807) is 41.1 Å². The standard InChI is InChI=1S/C22H24ClFN4O3/c1-2-30-13-14-31-22-26-21(16-5-3-6-17(24)15-16)28(27-22)19-10-8-18(9-11-19)25-20(29)7-4-12-23/h3,5-6,8-11,15H,2,4,7,12-14H2,1H3,(H,25,29). The predicted molar refractivity (Wildman–Crippen MR) is 117 cm³/mol. The first-order valence-corrected chi connectivity index (χ1v) is 10.5. The Morgan fingerprint density at radius 3 is 2.71 bits per heavy atom. The van der Waals surface area contributed by atoms with Gasteiger partial charge in [0.1, 0.15) is 12.4 Å². The Bertz CT molecular complexity index is 995. The molecule has 0 atom stereocenters. The van der Waals surface area contributed by atoms with Crippen molar-refractivity contribution in [2.24, 2.45) is 0 Å². The summed E-state index contributed by atoms with van der Waals surface area (Å²) in [5.41, 5.74) is 1.90. The number of nitrogens with zero attached hydrogens (tertiary/aromatic N) is 3. The number of ether oxygens (including phenoxy) is 2. The van der Waals surface area contributed by atoms with Crippen molar-refractivity contribution in [3.05, 3.63) is 54.3 Å². The van der Waals surface area contributed by atoms with Crippen molar-refractivity contribution in [1.29, 1.82) is 0 Å². The summed E-state index contributed by atoms with van der Waals surface area (Å²) in [5, 5.41) is 7.24. The van der Waals surface area contributed by atoms with Gasteiger partial charge in [0.05, 0.1) is 12.3 Å². The molecule has 0 aliphatic carbocycles. The zero-order valence-corrected chi connectivity index (χ0v) is 17.9. The third-order valence-corrected chi connectivity index (χ3v) is 4.53. The van der Waals surface area contributed by atoms with Crippen LogP contribution in [0.15, 0.2) is 48.5 Å². The minimum Gasteiger partial charge on any atom is -0.460 e. The molecule has 0 aliphatic rings. The van der Waals surface area contributed by atoms with Gasteiger partial charge in [0.15, 0.2) is 5.82 Å². The molecule has 31 heavy (non-hydrogen) atoms. The molecule has 0 unspecified atom stereocenters. The number of nitrogens with one attached hydrogen (secondary N) is 1. The van der Waals surface area contributed by atoms with Gasteiger partial charge in [-0.3, -0.25) is 4.79 Å². The number of amides is 1. The molecule has 7 nitrogen and oxygen atoms in total. The number of carbonyl (C=O) groups excluding carboxylic acids is 1. The molecule has 0 spiro atoms. The van der Waals surface area contributed by atoms with Crippen LogP contribution in [-0.4, -0.2) is 46.4 Å². The molecule has 3 aromatic rings. The molecule has 1 amide bonds. The Balaban J connectivity index is 1.84. The monoisotopic (exact) mass is 446 g/mol. The molecular weight excluding hydrogens is 423 g/mol. The van der Waals surface area contributed by atoms with Gasteiger partial charge in [0.25, 0.3) is 0 Å². The number of aromatic nitrogens is 3. The summed E-state index contributed by atoms with van der Waals surface area (Å²) in [5.74, 6) is 0.404. The summed E-state index contributed by atoms with van der Waals surface area (Å²) in [6.45, 7) is 3.21. The molecule has 0 saturated heterocycles. The molecule has 3 rings (SSSR count). The number of hydrogen-bond acceptors (Lipinski definition) is 5. The highest BCUT2D eigenvalue weighted by atomic mass is 35.5. The van der Waals surface area contributed by atoms with Crippen LogP contribution in [0.5, 0.6) is 6.01 Å². The van der Waals surface area contributed by atoms with E-state index in [0.29, 0.717) is 61.3 Å². The summed E-state index contributed by atoms with van der Waals surface area (Å²) in [6, 6.07) is 13.4. The first-order valence-electron chi connectivity index (χ1n) is 10.0. The molecule has 0 radical (unpaired) electrons. The Labute approximate surface area is 185 Å². The minimum atomic E-state index is -0.374. The van der Waals surface area contributed by atoms with E-state index in [-0.39, 0.29) is 17.7 Å². The van der Waals surface area contributed by atoms with Gasteiger partial charge in [-0.05, 0) is 49.7 Å². The second-order valence-electron chi connectivity index (χ2n) is 6.57. The topological polar surface area (TPSA) is 78.3 Å². The maximum absolute atomic E-state index is 13.8. The number of benzene rings is 2. The van der Waals surface area contributed by atoms with E-state index < -0.39 is 0 Å². The van der Waals surface area contributed by atoms with Gasteiger partial charge < -0.3 is 14.8 Å². The number of anilines is 1. The van der Waals surface area contributed by atoms with Gasteiger partial charge >= 0.3 is 6.01 Å². The molecule has 1 aromatic heterocycles. The first kappa shape index (κ1) is 22.7. The third-order valence-electron chi connectivity index (χ3n) is 4.27. The van der Waals surface area contributed by atoms with Crippen LogP contribution in [0.3, 0.4) is 0 Å². The van der Waals surface area contributed by atoms with Gasteiger partial charge in [-0.1, -0.05) is 12.1 Å². The normalized spacial score (nSPS) is 10.8. The molecule has 2 aromatic carbocycles. The van der Waals surface area contributed by atoms with Gasteiger partial charge in [0, 0.05) is 30.2 Å². The molecule has 0 aliphatic heterocycles. The first-order chi connectivity index (χ1) is 15.1. The average Bonchev–Trinajstić information content (AvgIpc) is 3.20. The number of carbonyl (C=O) groups is 1. The molecule has 0 fully saturated rings. The zero-order valence-electron chi connectivity index (χ0n) is 17.2. The Morgan fingerprint density at radius 2 is 2.00 bits per heavy atom. The summed E-state index contributed by atoms with van der Waals surface area (Å²) in [6.07, 6.45) is 0.980. The molecule has 0 saturated carbocycles. The van der Waals surface area contributed by atoms with Crippen LogP contribution in [0.1, 0.15) is 19.8 Å². The van der Waals surface area contributed by atoms with Gasteiger partial charge in [-0.15, -0.1) is 16.7 Å². The molecule has 1 heterocycles. The fraction of sp³-hybridized carbons (Fsp3) is 0.318. The Kier molecular flexibility index (Phi) is 8.37. The van der Waals surface area contributed by atoms with Gasteiger partial charge in [0.2, 0.25) is 5.91 Å². The lowest BCUT2D eigenvalue weighted by molar-refractivity contribution is -0.116. The number of rotatable bonds is 11. The fourth-order valence-electron chi connectivity index (χ4n) is 2.82. The average molecular weight is 447 g/mol. The zero-order chi connectivity index (χ0) is 22.1. The van der Waals surface area contributed by atoms with E-state index in [4.69, 9.17) is 21.1 Å². The summed E-state index contributed by atoms with van der Waals surface area (Å²) >= 11 is 5.63. The molecule has 9 heteroatoms. The largest absolute Gasteiger partial charge is 0.460 e. The molecule has 0 bridgehead atoms. The lowest BCUT2D eigenvalue weighted by Crippen LogP contribution is -2.11. The predicted octanol–water partition coefficient (Wildman–Crippen LogP) is 4.45. The quantitative estimate of drug-likeness (QED) is 0.348. The lowest BCUT2D eigenvalue weighted by Gasteiger charge is -2.08. The van der Waals surface area contributed by atoms with E-state index in [0.717, 1.165) is 0 Å². The van der Waals surface area contributed by atoms with Crippen molar-refractivity contribution >= 4 is 23.2 Å². The number of hydrogen-bond donors (Lipinski definition) is 1. The Morgan fingerprint density at radius 1 is 1.19 bits per heavy atom.